The molecule has 7 aromatic rings. The molecule has 6 aliphatic rings. The van der Waals surface area contributed by atoms with E-state index in [1.165, 1.54) is 0 Å². The van der Waals surface area contributed by atoms with Crippen molar-refractivity contribution >= 4 is 90.2 Å². The number of benzene rings is 4. The minimum Gasteiger partial charge on any atom is -0.442 e. The molecular formula is C108H160B3BrIN7O21. The van der Waals surface area contributed by atoms with Crippen molar-refractivity contribution in [2.75, 3.05) is 52.6 Å². The average molecular weight is 2130 g/mol. The first-order valence-corrected chi connectivity index (χ1v) is 51.6. The average Bonchev–Trinajstić information content (AvgIpc) is 1.62. The van der Waals surface area contributed by atoms with E-state index in [1.807, 2.05) is 198 Å². The number of pyridine rings is 3. The second-order valence-electron chi connectivity index (χ2n) is 42.5. The van der Waals surface area contributed by atoms with Gasteiger partial charge in [0.25, 0.3) is 16.7 Å². The maximum Gasteiger partial charge on any atom is 0.494 e. The van der Waals surface area contributed by atoms with Crippen LogP contribution in [-0.4, -0.2) is 219 Å². The van der Waals surface area contributed by atoms with Gasteiger partial charge in [0.15, 0.2) is 0 Å². The van der Waals surface area contributed by atoms with Gasteiger partial charge in [-0.25, -0.2) is 19.2 Å². The van der Waals surface area contributed by atoms with Crippen LogP contribution in [0.4, 0.5) is 19.2 Å². The van der Waals surface area contributed by atoms with E-state index in [4.69, 9.17) is 60.6 Å². The van der Waals surface area contributed by atoms with Crippen LogP contribution in [0, 0.1) is 27.2 Å². The van der Waals surface area contributed by atoms with Gasteiger partial charge in [0.05, 0.1) is 57.8 Å². The van der Waals surface area contributed by atoms with Gasteiger partial charge in [0.2, 0.25) is 0 Å². The minimum atomic E-state index is -1.01. The van der Waals surface area contributed by atoms with Gasteiger partial charge in [-0.2, -0.15) is 0 Å². The van der Waals surface area contributed by atoms with Crippen molar-refractivity contribution in [1.82, 2.24) is 33.3 Å². The van der Waals surface area contributed by atoms with Gasteiger partial charge < -0.3 is 102 Å². The van der Waals surface area contributed by atoms with Gasteiger partial charge in [0, 0.05) is 144 Å². The summed E-state index contributed by atoms with van der Waals surface area (Å²) in [5, 5.41) is 55.0. The molecule has 6 N–H and O–H groups in total. The number of aryl methyl sites for hydroxylation is 3. The van der Waals surface area contributed by atoms with E-state index in [9.17, 15) is 48.9 Å². The fraction of sp³-hybridized carbons (Fsp3) is 0.602. The second kappa shape index (κ2) is 51.2. The Morgan fingerprint density at radius 3 is 0.823 bits per heavy atom. The smallest absolute Gasteiger partial charge is 0.442 e. The zero-order chi connectivity index (χ0) is 106. The lowest BCUT2D eigenvalue weighted by Gasteiger charge is -2.45. The summed E-state index contributed by atoms with van der Waals surface area (Å²) in [6.07, 6.45) is 12.6. The highest BCUT2D eigenvalue weighted by atomic mass is 127. The number of carbonyl (C=O) groups excluding carboxylic acids is 4. The van der Waals surface area contributed by atoms with Crippen molar-refractivity contribution in [3.05, 3.63) is 213 Å². The number of aliphatic hydroxyl groups excluding tert-OH is 4. The third-order valence-corrected chi connectivity index (χ3v) is 31.3. The molecule has 0 aliphatic carbocycles. The summed E-state index contributed by atoms with van der Waals surface area (Å²) in [6, 6.07) is 42.3. The molecule has 6 saturated heterocycles. The van der Waals surface area contributed by atoms with Crippen molar-refractivity contribution in [1.29, 1.82) is 0 Å². The van der Waals surface area contributed by atoms with E-state index in [-0.39, 0.29) is 138 Å². The number of ether oxygens (including phenoxy) is 4. The highest BCUT2D eigenvalue weighted by Gasteiger charge is 2.54. The predicted molar refractivity (Wildman–Crippen MR) is 570 cm³/mol. The molecule has 9 heterocycles. The Bertz CT molecular complexity index is 5160. The first-order valence-electron chi connectivity index (χ1n) is 49.7. The maximum atomic E-state index is 12.9. The molecule has 3 aromatic heterocycles. The summed E-state index contributed by atoms with van der Waals surface area (Å²) in [5.41, 5.74) is 3.51. The molecule has 2 radical (unpaired) electrons. The van der Waals surface area contributed by atoms with Gasteiger partial charge in [-0.1, -0.05) is 156 Å². The molecule has 4 amide bonds. The van der Waals surface area contributed by atoms with Crippen LogP contribution in [0.25, 0.3) is 22.3 Å². The van der Waals surface area contributed by atoms with Gasteiger partial charge >= 0.3 is 38.5 Å². The van der Waals surface area contributed by atoms with E-state index in [1.54, 1.807) is 119 Å². The third kappa shape index (κ3) is 31.4. The zero-order valence-electron chi connectivity index (χ0n) is 88.6. The van der Waals surface area contributed by atoms with Gasteiger partial charge in [0.1, 0.15) is 30.1 Å². The lowest BCUT2D eigenvalue weighted by molar-refractivity contribution is -0.107. The standard InChI is InChI=1S/C24H38BNO5.2C24H32N2O4.C18H26BrNO3.C6H12B2O2.C6H6INO.C6H14O2/c1-17(2)24(13-8-16-27)14-15-26(21(28)29-24)18(3)19-9-11-20(12-10-19)25-30-22(4,5)23(6,7)31-25;2*1-17(2)24(11-5-15-27)12-14-26(23(29)30-24)18(3)19-6-8-20(9-7-19)21-10-13-25(4)22(28)16-21;1-13(2)18(9-4-12-21)10-11-20(17(22)23-18)14(3)15-5-7-16(19)8-6-15;1-5(2)6(3,4)10-8(7)9-5;1-8-3-2-5(7)4-6(8)9;1-5(2,7)6(3,4)8/h9-12,17-18,27H,8,13-16H2,1-7H3;2*6-10,13,16-18,27H,5,11-12,14-15H2,1-4H3;5-8,13-14,21H,4,9-12H2,1-3H3;1-4H3;2-4H,1H3;7-8H,1-4H3/t18-,24?;18-,24+;18-,24-;14-,18?;;;/m0000.../s1. The number of aliphatic hydroxyl groups is 6. The number of aromatic nitrogens is 3. The number of amides is 4. The first kappa shape index (κ1) is 120. The van der Waals surface area contributed by atoms with Gasteiger partial charge in [-0.3, -0.25) is 14.4 Å². The van der Waals surface area contributed by atoms with Gasteiger partial charge in [-0.15, -0.1) is 0 Å². The Morgan fingerprint density at radius 2 is 0.610 bits per heavy atom. The summed E-state index contributed by atoms with van der Waals surface area (Å²) in [7, 11) is 9.67. The SMILES string of the molecule is CC(C)(O)C(C)(C)O.CC(C)C1(CCCO)CCN([C@@H](C)c2ccc(B3OC(C)(C)C(C)(C)O3)cc2)C(=O)O1.CC(C)C1(CCCO)CCN([C@@H](C)c2ccc(Br)cc2)C(=O)O1.CC(C)[C@@]1(CCCO)CCN([C@@H](C)c2ccc(-c3ccn(C)c(=O)c3)cc2)C(=O)O1.CC(C)[C@]1(CCCO)CCN([C@@H](C)c2ccc(-c3ccn(C)c(=O)c3)cc2)C(=O)O1.Cn1ccc(I)cc1=O.[B]B1OC(C)(C)C(C)(C)O1. The Kier molecular flexibility index (Phi) is 43.5. The number of hydrogen-bond donors (Lipinski definition) is 6. The van der Waals surface area contributed by atoms with Crippen LogP contribution in [0.3, 0.4) is 0 Å². The molecule has 13 rings (SSSR count). The fourth-order valence-corrected chi connectivity index (χ4v) is 18.0. The van der Waals surface area contributed by atoms with Crippen LogP contribution >= 0.6 is 38.5 Å². The van der Waals surface area contributed by atoms with Crippen molar-refractivity contribution in [3.8, 4) is 22.3 Å². The first-order chi connectivity index (χ1) is 65.7. The molecule has 776 valence electrons. The topological polar surface area (TPSA) is 342 Å². The molecule has 0 bridgehead atoms. The third-order valence-electron chi connectivity index (χ3n) is 30.1. The molecule has 2 unspecified atom stereocenters. The minimum absolute atomic E-state index is 0.0152. The van der Waals surface area contributed by atoms with E-state index >= 15 is 0 Å². The Labute approximate surface area is 861 Å². The lowest BCUT2D eigenvalue weighted by atomic mass is 9.63. The molecule has 141 heavy (non-hydrogen) atoms. The number of hydrogen-bond acceptors (Lipinski definition) is 21. The monoisotopic (exact) mass is 2130 g/mol. The molecule has 28 nitrogen and oxygen atoms in total. The molecular weight excluding hydrogens is 1970 g/mol. The summed E-state index contributed by atoms with van der Waals surface area (Å²) < 4.78 is 53.3. The molecule has 8 atom stereocenters. The number of rotatable bonds is 28. The summed E-state index contributed by atoms with van der Waals surface area (Å²) >= 11 is 5.54. The summed E-state index contributed by atoms with van der Waals surface area (Å²) in [5.74, 6) is 0.842. The van der Waals surface area contributed by atoms with Crippen LogP contribution in [0.2, 0.25) is 0 Å². The van der Waals surface area contributed by atoms with E-state index in [0.717, 1.165) is 83.7 Å². The molecule has 33 heteroatoms. The van der Waals surface area contributed by atoms with Crippen LogP contribution in [0.1, 0.15) is 290 Å². The van der Waals surface area contributed by atoms with Crippen molar-refractivity contribution in [2.24, 2.45) is 44.8 Å². The van der Waals surface area contributed by atoms with Crippen molar-refractivity contribution < 1.29 is 87.4 Å². The highest BCUT2D eigenvalue weighted by molar-refractivity contribution is 14.1. The molecule has 0 spiro atoms. The Morgan fingerprint density at radius 1 is 0.369 bits per heavy atom. The van der Waals surface area contributed by atoms with E-state index in [0.29, 0.717) is 77.5 Å². The van der Waals surface area contributed by atoms with E-state index in [2.05, 4.69) is 93.9 Å². The molecule has 6 fully saturated rings. The maximum absolute atomic E-state index is 12.9. The van der Waals surface area contributed by atoms with Gasteiger partial charge in [-0.05, 0) is 289 Å². The summed E-state index contributed by atoms with van der Waals surface area (Å²) in [4.78, 5) is 92.9. The highest BCUT2D eigenvalue weighted by Crippen LogP contribution is 2.45. The Hall–Kier alpha value is -8.19. The largest absolute Gasteiger partial charge is 0.494 e. The van der Waals surface area contributed by atoms with Crippen LogP contribution < -0.4 is 22.1 Å². The van der Waals surface area contributed by atoms with Crippen LogP contribution in [0.5, 0.6) is 0 Å². The number of carbonyl (C=O) groups is 4. The normalized spacial score (nSPS) is 21.7. The number of nitrogens with zero attached hydrogens (tertiary/aromatic N) is 7. The predicted octanol–water partition coefficient (Wildman–Crippen LogP) is 19.1. The van der Waals surface area contributed by atoms with Crippen LogP contribution in [-0.2, 0) is 58.7 Å². The summed E-state index contributed by atoms with van der Waals surface area (Å²) in [6.45, 7) is 50.1. The van der Waals surface area contributed by atoms with E-state index < -0.39 is 47.7 Å². The van der Waals surface area contributed by atoms with Crippen LogP contribution in [0.15, 0.2) is 171 Å². The Balaban J connectivity index is 0.000000235. The van der Waals surface area contributed by atoms with Crippen molar-refractivity contribution in [3.63, 3.8) is 0 Å². The second-order valence-corrected chi connectivity index (χ2v) is 44.6. The molecule has 6 aliphatic heterocycles. The lowest BCUT2D eigenvalue weighted by Crippen LogP contribution is -2.52. The fourth-order valence-electron chi connectivity index (χ4n) is 17.3. The molecule has 4 aromatic carbocycles. The zero-order valence-corrected chi connectivity index (χ0v) is 92.4. The number of cyclic esters (lactones) is 4. The quantitative estimate of drug-likeness (QED) is 0.0151. The molecule has 0 saturated carbocycles. The van der Waals surface area contributed by atoms with Crippen molar-refractivity contribution in [2.45, 2.75) is 323 Å². The number of halogens is 2.